The fourth-order valence-corrected chi connectivity index (χ4v) is 2.90. The number of nitrogens with zero attached hydrogens (tertiary/aromatic N) is 4. The lowest BCUT2D eigenvalue weighted by atomic mass is 10.1. The normalized spacial score (nSPS) is 20.9. The predicted octanol–water partition coefficient (Wildman–Crippen LogP) is 3.53. The Morgan fingerprint density at radius 2 is 1.81 bits per heavy atom. The molecule has 1 aliphatic rings. The van der Waals surface area contributed by atoms with Crippen molar-refractivity contribution in [2.75, 3.05) is 37.0 Å². The number of anilines is 2. The average Bonchev–Trinajstić information content (AvgIpc) is 2.61. The van der Waals surface area contributed by atoms with Crippen molar-refractivity contribution in [3.05, 3.63) is 47.7 Å². The van der Waals surface area contributed by atoms with E-state index in [1.54, 1.807) is 23.9 Å². The van der Waals surface area contributed by atoms with Gasteiger partial charge >= 0.3 is 6.18 Å². The number of ether oxygens (including phenoxy) is 1. The van der Waals surface area contributed by atoms with Crippen LogP contribution < -0.4 is 9.80 Å². The van der Waals surface area contributed by atoms with Crippen LogP contribution >= 0.6 is 0 Å². The number of benzene rings is 1. The van der Waals surface area contributed by atoms with E-state index in [4.69, 9.17) is 4.74 Å². The van der Waals surface area contributed by atoms with Crippen LogP contribution in [0.2, 0.25) is 0 Å². The summed E-state index contributed by atoms with van der Waals surface area (Å²) in [4.78, 5) is 11.4. The van der Waals surface area contributed by atoms with Crippen molar-refractivity contribution >= 4 is 11.8 Å². The van der Waals surface area contributed by atoms with Crippen molar-refractivity contribution in [1.29, 1.82) is 0 Å². The van der Waals surface area contributed by atoms with Gasteiger partial charge in [-0.1, -0.05) is 30.3 Å². The minimum absolute atomic E-state index is 0.0691. The van der Waals surface area contributed by atoms with Gasteiger partial charge in [0.05, 0.1) is 12.6 Å². The maximum Gasteiger partial charge on any atom is 0.433 e. The first-order chi connectivity index (χ1) is 12.2. The molecule has 1 aliphatic heterocycles. The Hall–Kier alpha value is -2.35. The largest absolute Gasteiger partial charge is 0.433 e. The van der Waals surface area contributed by atoms with Crippen molar-refractivity contribution in [2.45, 2.75) is 25.3 Å². The van der Waals surface area contributed by atoms with E-state index < -0.39 is 11.9 Å². The Labute approximate surface area is 150 Å². The smallest absolute Gasteiger partial charge is 0.367 e. The molecule has 26 heavy (non-hydrogen) atoms. The highest BCUT2D eigenvalue weighted by Crippen LogP contribution is 2.33. The van der Waals surface area contributed by atoms with Gasteiger partial charge in [0, 0.05) is 26.7 Å². The summed E-state index contributed by atoms with van der Waals surface area (Å²) in [6.45, 7) is 2.71. The summed E-state index contributed by atoms with van der Waals surface area (Å²) in [6.07, 6.45) is -4.94. The molecule has 0 saturated carbocycles. The monoisotopic (exact) mass is 366 g/mol. The van der Waals surface area contributed by atoms with Crippen LogP contribution in [0, 0.1) is 0 Å². The van der Waals surface area contributed by atoms with E-state index >= 15 is 0 Å². The van der Waals surface area contributed by atoms with E-state index in [0.717, 1.165) is 11.6 Å². The first kappa shape index (κ1) is 18.4. The molecule has 8 heteroatoms. The maximum atomic E-state index is 13.2. The molecule has 5 nitrogen and oxygen atoms in total. The highest BCUT2D eigenvalue weighted by molar-refractivity contribution is 5.46. The lowest BCUT2D eigenvalue weighted by molar-refractivity contribution is -0.141. The van der Waals surface area contributed by atoms with E-state index in [1.807, 2.05) is 37.3 Å². The van der Waals surface area contributed by atoms with E-state index in [0.29, 0.717) is 13.1 Å². The van der Waals surface area contributed by atoms with E-state index in [9.17, 15) is 13.2 Å². The second kappa shape index (κ2) is 7.11. The topological polar surface area (TPSA) is 41.5 Å². The van der Waals surface area contributed by atoms with Gasteiger partial charge in [0.25, 0.3) is 0 Å². The minimum atomic E-state index is -4.53. The van der Waals surface area contributed by atoms with Gasteiger partial charge in [-0.25, -0.2) is 4.98 Å². The van der Waals surface area contributed by atoms with Crippen LogP contribution in [0.5, 0.6) is 0 Å². The highest BCUT2D eigenvalue weighted by Gasteiger charge is 2.35. The van der Waals surface area contributed by atoms with Crippen molar-refractivity contribution in [3.63, 3.8) is 0 Å². The fraction of sp³-hybridized carbons (Fsp3) is 0.444. The Morgan fingerprint density at radius 3 is 2.42 bits per heavy atom. The molecule has 0 N–H and O–H groups in total. The number of morpholine rings is 1. The molecule has 0 spiro atoms. The van der Waals surface area contributed by atoms with E-state index in [-0.39, 0.29) is 24.0 Å². The van der Waals surface area contributed by atoms with Gasteiger partial charge in [0.1, 0.15) is 11.9 Å². The molecule has 3 rings (SSSR count). The molecule has 1 saturated heterocycles. The number of aromatic nitrogens is 2. The molecule has 1 aromatic heterocycles. The van der Waals surface area contributed by atoms with Gasteiger partial charge in [0.15, 0.2) is 5.69 Å². The zero-order valence-electron chi connectivity index (χ0n) is 14.9. The summed E-state index contributed by atoms with van der Waals surface area (Å²) in [6, 6.07) is 10.6. The van der Waals surface area contributed by atoms with E-state index in [2.05, 4.69) is 9.97 Å². The molecule has 2 unspecified atom stereocenters. The number of hydrogen-bond acceptors (Lipinski definition) is 5. The lowest BCUT2D eigenvalue weighted by Gasteiger charge is -2.37. The number of halogens is 3. The standard InChI is InChI=1S/C18H21F3N4O/c1-12-10-25(11-14(26-12)13-7-5-4-6-8-13)17-22-15(18(19,20)21)9-16(23-17)24(2)3/h4-9,12,14H,10-11H2,1-3H3. The Balaban J connectivity index is 1.95. The zero-order valence-corrected chi connectivity index (χ0v) is 14.9. The number of hydrogen-bond donors (Lipinski definition) is 0. The quantitative estimate of drug-likeness (QED) is 0.831. The van der Waals surface area contributed by atoms with Gasteiger partial charge in [-0.05, 0) is 12.5 Å². The predicted molar refractivity (Wildman–Crippen MR) is 93.3 cm³/mol. The lowest BCUT2D eigenvalue weighted by Crippen LogP contribution is -2.44. The van der Waals surface area contributed by atoms with Crippen LogP contribution in [-0.2, 0) is 10.9 Å². The molecule has 1 fully saturated rings. The Morgan fingerprint density at radius 1 is 1.12 bits per heavy atom. The van der Waals surface area contributed by atoms with Crippen molar-refractivity contribution in [2.24, 2.45) is 0 Å². The van der Waals surface area contributed by atoms with Gasteiger partial charge in [-0.15, -0.1) is 0 Å². The molecular formula is C18H21F3N4O. The number of rotatable bonds is 3. The summed E-state index contributed by atoms with van der Waals surface area (Å²) in [5, 5.41) is 0. The Kier molecular flexibility index (Phi) is 5.04. The average molecular weight is 366 g/mol. The molecule has 0 radical (unpaired) electrons. The Bertz CT molecular complexity index is 752. The summed E-state index contributed by atoms with van der Waals surface area (Å²) in [5.74, 6) is 0.289. The molecule has 140 valence electrons. The van der Waals surface area contributed by atoms with Gasteiger partial charge < -0.3 is 14.5 Å². The first-order valence-electron chi connectivity index (χ1n) is 8.33. The minimum Gasteiger partial charge on any atom is -0.367 e. The third-order valence-corrected chi connectivity index (χ3v) is 4.16. The molecule has 2 heterocycles. The van der Waals surface area contributed by atoms with Gasteiger partial charge in [-0.3, -0.25) is 0 Å². The van der Waals surface area contributed by atoms with Crippen LogP contribution in [0.25, 0.3) is 0 Å². The fourth-order valence-electron chi connectivity index (χ4n) is 2.90. The van der Waals surface area contributed by atoms with Crippen LogP contribution in [0.3, 0.4) is 0 Å². The van der Waals surface area contributed by atoms with E-state index in [1.165, 1.54) is 0 Å². The third-order valence-electron chi connectivity index (χ3n) is 4.16. The van der Waals surface area contributed by atoms with Crippen LogP contribution in [-0.4, -0.2) is 43.3 Å². The second-order valence-electron chi connectivity index (χ2n) is 6.55. The summed E-state index contributed by atoms with van der Waals surface area (Å²) < 4.78 is 45.7. The third kappa shape index (κ3) is 4.07. The molecular weight excluding hydrogens is 345 g/mol. The van der Waals surface area contributed by atoms with Gasteiger partial charge in [0.2, 0.25) is 5.95 Å². The van der Waals surface area contributed by atoms with Crippen LogP contribution in [0.4, 0.5) is 24.9 Å². The first-order valence-corrected chi connectivity index (χ1v) is 8.33. The molecule has 1 aromatic carbocycles. The van der Waals surface area contributed by atoms with Crippen LogP contribution in [0.1, 0.15) is 24.3 Å². The molecule has 2 atom stereocenters. The van der Waals surface area contributed by atoms with Crippen LogP contribution in [0.15, 0.2) is 36.4 Å². The molecule has 0 bridgehead atoms. The van der Waals surface area contributed by atoms with Crippen molar-refractivity contribution < 1.29 is 17.9 Å². The number of alkyl halides is 3. The highest BCUT2D eigenvalue weighted by atomic mass is 19.4. The molecule has 0 amide bonds. The van der Waals surface area contributed by atoms with Gasteiger partial charge in [-0.2, -0.15) is 18.2 Å². The van der Waals surface area contributed by atoms with Crippen molar-refractivity contribution in [3.8, 4) is 0 Å². The molecule has 0 aliphatic carbocycles. The second-order valence-corrected chi connectivity index (χ2v) is 6.55. The summed E-state index contributed by atoms with van der Waals surface area (Å²) in [5.41, 5.74) is 0.0328. The SMILES string of the molecule is CC1CN(c2nc(N(C)C)cc(C(F)(F)F)n2)CC(c2ccccc2)O1. The maximum absolute atomic E-state index is 13.2. The summed E-state index contributed by atoms with van der Waals surface area (Å²) >= 11 is 0. The molecule has 2 aromatic rings. The van der Waals surface area contributed by atoms with Crippen molar-refractivity contribution in [1.82, 2.24) is 9.97 Å². The summed E-state index contributed by atoms with van der Waals surface area (Å²) in [7, 11) is 3.31. The zero-order chi connectivity index (χ0) is 18.9.